The minimum Gasteiger partial charge on any atom is -0.475 e. The van der Waals surface area contributed by atoms with Gasteiger partial charge in [-0.1, -0.05) is 0 Å². The number of likely N-dealkylation sites (tertiary alicyclic amines) is 1. The van der Waals surface area contributed by atoms with E-state index in [2.05, 4.69) is 32.0 Å². The van der Waals surface area contributed by atoms with Crippen LogP contribution in [0.4, 0.5) is 18.9 Å². The lowest BCUT2D eigenvalue weighted by Crippen LogP contribution is -2.52. The average Bonchev–Trinajstić information content (AvgIpc) is 3.27. The fourth-order valence-electron chi connectivity index (χ4n) is 3.97. The van der Waals surface area contributed by atoms with Gasteiger partial charge in [0.05, 0.1) is 18.0 Å². The summed E-state index contributed by atoms with van der Waals surface area (Å²) in [5, 5.41) is 14.5. The molecule has 0 bridgehead atoms. The molecule has 2 aromatic rings. The lowest BCUT2D eigenvalue weighted by molar-refractivity contribution is -0.192. The second kappa shape index (κ2) is 10.9. The number of thiophene rings is 1. The largest absolute Gasteiger partial charge is 0.490 e. The van der Waals surface area contributed by atoms with E-state index in [1.165, 1.54) is 5.56 Å². The van der Waals surface area contributed by atoms with Gasteiger partial charge in [-0.3, -0.25) is 14.7 Å². The zero-order valence-corrected chi connectivity index (χ0v) is 17.9. The summed E-state index contributed by atoms with van der Waals surface area (Å²) in [6.45, 7) is 3.60. The Morgan fingerprint density at radius 3 is 2.72 bits per heavy atom. The molecule has 0 saturated carbocycles. The topological polar surface area (TPSA) is 91.8 Å². The Bertz CT molecular complexity index is 880. The molecule has 4 rings (SSSR count). The molecule has 2 N–H and O–H groups in total. The molecule has 4 heterocycles. The molecule has 0 radical (unpaired) electrons. The number of alkyl halides is 3. The van der Waals surface area contributed by atoms with Gasteiger partial charge in [0.15, 0.2) is 0 Å². The number of carboxylic acids is 1. The zero-order valence-electron chi connectivity index (χ0n) is 17.1. The van der Waals surface area contributed by atoms with Crippen molar-refractivity contribution in [1.29, 1.82) is 0 Å². The summed E-state index contributed by atoms with van der Waals surface area (Å²) in [7, 11) is 0. The van der Waals surface area contributed by atoms with Gasteiger partial charge in [-0.05, 0) is 47.4 Å². The van der Waals surface area contributed by atoms with Crippen molar-refractivity contribution in [3.8, 4) is 0 Å². The number of fused-ring (bicyclic) bond motifs is 1. The normalized spacial score (nSPS) is 23.4. The number of amides is 1. The van der Waals surface area contributed by atoms with Crippen LogP contribution in [0.25, 0.3) is 0 Å². The third-order valence-electron chi connectivity index (χ3n) is 5.45. The van der Waals surface area contributed by atoms with E-state index in [1.54, 1.807) is 23.7 Å². The first-order chi connectivity index (χ1) is 15.2. The number of aromatic nitrogens is 1. The quantitative estimate of drug-likeness (QED) is 0.708. The summed E-state index contributed by atoms with van der Waals surface area (Å²) in [5.74, 6) is -2.39. The maximum atomic E-state index is 12.8. The number of nitrogens with zero attached hydrogens (tertiary/aromatic N) is 2. The zero-order chi connectivity index (χ0) is 23.1. The molecule has 0 spiro atoms. The van der Waals surface area contributed by atoms with E-state index in [9.17, 15) is 18.0 Å². The summed E-state index contributed by atoms with van der Waals surface area (Å²) in [6, 6.07) is 5.90. The predicted octanol–water partition coefficient (Wildman–Crippen LogP) is 3.64. The highest BCUT2D eigenvalue weighted by Gasteiger charge is 2.41. The molecule has 174 valence electrons. The molecule has 2 saturated heterocycles. The van der Waals surface area contributed by atoms with Gasteiger partial charge in [-0.2, -0.15) is 24.5 Å². The molecular weight excluding hydrogens is 447 g/mol. The van der Waals surface area contributed by atoms with Crippen molar-refractivity contribution in [2.45, 2.75) is 31.7 Å². The summed E-state index contributed by atoms with van der Waals surface area (Å²) < 4.78 is 37.7. The number of piperidine rings is 1. The molecular formula is C21H24F3N3O4S. The smallest absolute Gasteiger partial charge is 0.475 e. The number of halogens is 3. The maximum absolute atomic E-state index is 12.8. The van der Waals surface area contributed by atoms with E-state index in [0.717, 1.165) is 38.2 Å². The second-order valence-electron chi connectivity index (χ2n) is 7.66. The Morgan fingerprint density at radius 1 is 1.31 bits per heavy atom. The van der Waals surface area contributed by atoms with Gasteiger partial charge in [0.25, 0.3) is 0 Å². The number of hydrogen-bond acceptors (Lipinski definition) is 6. The van der Waals surface area contributed by atoms with Crippen molar-refractivity contribution in [3.05, 3.63) is 46.9 Å². The summed E-state index contributed by atoms with van der Waals surface area (Å²) in [6.07, 6.45) is 0.324. The van der Waals surface area contributed by atoms with Gasteiger partial charge in [0.2, 0.25) is 5.91 Å². The van der Waals surface area contributed by atoms with Gasteiger partial charge in [-0.15, -0.1) is 0 Å². The van der Waals surface area contributed by atoms with Crippen LogP contribution < -0.4 is 5.32 Å². The fourth-order valence-corrected chi connectivity index (χ4v) is 4.63. The minimum absolute atomic E-state index is 0.00392. The number of nitrogens with one attached hydrogen (secondary N) is 1. The van der Waals surface area contributed by atoms with Crippen LogP contribution in [0.1, 0.15) is 18.4 Å². The minimum atomic E-state index is -5.08. The molecule has 11 heteroatoms. The van der Waals surface area contributed by atoms with Gasteiger partial charge in [0, 0.05) is 44.3 Å². The highest BCUT2D eigenvalue weighted by molar-refractivity contribution is 7.07. The Hall–Kier alpha value is -2.50. The van der Waals surface area contributed by atoms with E-state index in [-0.39, 0.29) is 23.8 Å². The maximum Gasteiger partial charge on any atom is 0.490 e. The van der Waals surface area contributed by atoms with Gasteiger partial charge in [-0.25, -0.2) is 4.79 Å². The highest BCUT2D eigenvalue weighted by atomic mass is 32.1. The number of aliphatic carboxylic acids is 1. The van der Waals surface area contributed by atoms with Crippen molar-refractivity contribution >= 4 is 28.9 Å². The van der Waals surface area contributed by atoms with Crippen molar-refractivity contribution in [3.63, 3.8) is 0 Å². The molecule has 2 aliphatic rings. The number of anilines is 1. The first-order valence-electron chi connectivity index (χ1n) is 10.1. The number of pyridine rings is 1. The van der Waals surface area contributed by atoms with Crippen LogP contribution in [0.15, 0.2) is 41.4 Å². The molecule has 0 unspecified atom stereocenters. The van der Waals surface area contributed by atoms with Crippen LogP contribution in [0, 0.1) is 11.8 Å². The summed E-state index contributed by atoms with van der Waals surface area (Å²) >= 11 is 1.74. The summed E-state index contributed by atoms with van der Waals surface area (Å²) in [5.41, 5.74) is 2.12. The first-order valence-corrected chi connectivity index (χ1v) is 11.0. The lowest BCUT2D eigenvalue weighted by Gasteiger charge is -2.44. The molecule has 3 atom stereocenters. The Kier molecular flexibility index (Phi) is 8.21. The Morgan fingerprint density at radius 2 is 2.09 bits per heavy atom. The predicted molar refractivity (Wildman–Crippen MR) is 112 cm³/mol. The van der Waals surface area contributed by atoms with Crippen molar-refractivity contribution < 1.29 is 32.6 Å². The van der Waals surface area contributed by atoms with E-state index < -0.39 is 12.1 Å². The first kappa shape index (κ1) is 24.1. The second-order valence-corrected chi connectivity index (χ2v) is 8.44. The number of hydrogen-bond donors (Lipinski definition) is 2. The molecule has 0 aromatic carbocycles. The van der Waals surface area contributed by atoms with Crippen molar-refractivity contribution in [1.82, 2.24) is 9.88 Å². The van der Waals surface area contributed by atoms with E-state index >= 15 is 0 Å². The van der Waals surface area contributed by atoms with Gasteiger partial charge < -0.3 is 15.2 Å². The van der Waals surface area contributed by atoms with Crippen molar-refractivity contribution in [2.75, 3.05) is 25.0 Å². The molecule has 2 aromatic heterocycles. The lowest BCUT2D eigenvalue weighted by atomic mass is 9.79. The van der Waals surface area contributed by atoms with Crippen LogP contribution in [0.3, 0.4) is 0 Å². The molecule has 2 aliphatic heterocycles. The number of carboxylic acid groups (broad SMARTS) is 1. The van der Waals surface area contributed by atoms with E-state index in [1.807, 2.05) is 12.1 Å². The molecule has 32 heavy (non-hydrogen) atoms. The molecule has 1 amide bonds. The Balaban J connectivity index is 0.000000360. The third-order valence-corrected chi connectivity index (χ3v) is 6.18. The SMILES string of the molecule is O=C(Nc1cccnc1)[C@H]1CCO[C@H]2CCN(Cc3ccsc3)C[C@@H]21.O=C(O)C(F)(F)F. The van der Waals surface area contributed by atoms with Gasteiger partial charge in [0.1, 0.15) is 0 Å². The monoisotopic (exact) mass is 471 g/mol. The number of carbonyl (C=O) groups is 2. The number of carbonyl (C=O) groups excluding carboxylic acids is 1. The van der Waals surface area contributed by atoms with Gasteiger partial charge >= 0.3 is 12.1 Å². The van der Waals surface area contributed by atoms with E-state index in [0.29, 0.717) is 6.61 Å². The third kappa shape index (κ3) is 6.75. The Labute approximate surface area is 187 Å². The average molecular weight is 472 g/mol. The van der Waals surface area contributed by atoms with Crippen molar-refractivity contribution in [2.24, 2.45) is 11.8 Å². The highest BCUT2D eigenvalue weighted by Crippen LogP contribution is 2.34. The van der Waals surface area contributed by atoms with Crippen LogP contribution in [0.2, 0.25) is 0 Å². The molecule has 7 nitrogen and oxygen atoms in total. The standard InChI is InChI=1S/C19H23N3O2S.C2HF3O2/c23-19(21-15-2-1-6-20-10-15)16-4-8-24-18-3-7-22(12-17(16)18)11-14-5-9-25-13-14;3-2(4,5)1(6)7/h1-2,5-6,9-10,13,16-18H,3-4,7-8,11-12H2,(H,21,23);(H,6,7)/t16-,17+,18-;/m0./s1. The number of rotatable bonds is 4. The number of ether oxygens (including phenoxy) is 1. The van der Waals surface area contributed by atoms with Crippen LogP contribution in [0.5, 0.6) is 0 Å². The molecule has 2 fully saturated rings. The van der Waals surface area contributed by atoms with Crippen LogP contribution in [-0.2, 0) is 20.9 Å². The molecule has 0 aliphatic carbocycles. The fraction of sp³-hybridized carbons (Fsp3) is 0.476. The van der Waals surface area contributed by atoms with Crippen LogP contribution >= 0.6 is 11.3 Å². The van der Waals surface area contributed by atoms with Crippen LogP contribution in [-0.4, -0.2) is 58.8 Å². The van der Waals surface area contributed by atoms with E-state index in [4.69, 9.17) is 14.6 Å². The summed E-state index contributed by atoms with van der Waals surface area (Å²) in [4.78, 5) is 28.3.